The van der Waals surface area contributed by atoms with Crippen molar-refractivity contribution in [3.05, 3.63) is 40.8 Å². The van der Waals surface area contributed by atoms with Crippen molar-refractivity contribution in [2.75, 3.05) is 0 Å². The summed E-state index contributed by atoms with van der Waals surface area (Å²) >= 11 is 1.65. The van der Waals surface area contributed by atoms with Gasteiger partial charge in [0, 0.05) is 18.1 Å². The van der Waals surface area contributed by atoms with E-state index in [4.69, 9.17) is 4.42 Å². The minimum absolute atomic E-state index is 0.630. The van der Waals surface area contributed by atoms with Gasteiger partial charge in [0.25, 0.3) is 0 Å². The second kappa shape index (κ2) is 4.55. The van der Waals surface area contributed by atoms with Gasteiger partial charge < -0.3 is 9.73 Å². The average Bonchev–Trinajstić information content (AvgIpc) is 2.99. The molecule has 0 aliphatic heterocycles. The SMILES string of the molecule is Cc1cnc(CNCc2c(C)nc3sccn23)o1. The van der Waals surface area contributed by atoms with E-state index in [1.54, 1.807) is 17.5 Å². The maximum Gasteiger partial charge on any atom is 0.208 e. The first kappa shape index (κ1) is 11.4. The van der Waals surface area contributed by atoms with Gasteiger partial charge in [0.05, 0.1) is 24.1 Å². The summed E-state index contributed by atoms with van der Waals surface area (Å²) in [6.07, 6.45) is 3.78. The number of hydrogen-bond donors (Lipinski definition) is 1. The number of nitrogens with one attached hydrogen (secondary N) is 1. The van der Waals surface area contributed by atoms with Crippen LogP contribution in [-0.4, -0.2) is 14.4 Å². The van der Waals surface area contributed by atoms with E-state index in [2.05, 4.69) is 19.7 Å². The van der Waals surface area contributed by atoms with Crippen molar-refractivity contribution in [1.82, 2.24) is 19.7 Å². The Balaban J connectivity index is 1.69. The zero-order valence-corrected chi connectivity index (χ0v) is 11.1. The lowest BCUT2D eigenvalue weighted by Crippen LogP contribution is -2.14. The highest BCUT2D eigenvalue weighted by Crippen LogP contribution is 2.16. The van der Waals surface area contributed by atoms with Gasteiger partial charge in [-0.3, -0.25) is 4.40 Å². The summed E-state index contributed by atoms with van der Waals surface area (Å²) in [4.78, 5) is 9.70. The van der Waals surface area contributed by atoms with Crippen LogP contribution >= 0.6 is 11.3 Å². The molecule has 0 saturated heterocycles. The Bertz CT molecular complexity index is 667. The maximum absolute atomic E-state index is 5.41. The minimum atomic E-state index is 0.630. The van der Waals surface area contributed by atoms with Gasteiger partial charge in [-0.05, 0) is 13.8 Å². The molecular weight excluding hydrogens is 248 g/mol. The number of imidazole rings is 1. The van der Waals surface area contributed by atoms with E-state index >= 15 is 0 Å². The molecule has 0 spiro atoms. The Morgan fingerprint density at radius 3 is 3.06 bits per heavy atom. The van der Waals surface area contributed by atoms with E-state index in [-0.39, 0.29) is 0 Å². The molecule has 0 atom stereocenters. The van der Waals surface area contributed by atoms with Gasteiger partial charge in [0.2, 0.25) is 5.89 Å². The second-order valence-corrected chi connectivity index (χ2v) is 5.04. The molecule has 0 saturated carbocycles. The van der Waals surface area contributed by atoms with Crippen molar-refractivity contribution in [2.45, 2.75) is 26.9 Å². The molecule has 0 fully saturated rings. The van der Waals surface area contributed by atoms with Gasteiger partial charge >= 0.3 is 0 Å². The first-order valence-electron chi connectivity index (χ1n) is 5.77. The molecule has 3 rings (SSSR count). The van der Waals surface area contributed by atoms with Crippen molar-refractivity contribution < 1.29 is 4.42 Å². The van der Waals surface area contributed by atoms with E-state index in [1.807, 2.05) is 25.4 Å². The molecule has 3 aromatic rings. The summed E-state index contributed by atoms with van der Waals surface area (Å²) in [5, 5.41) is 5.37. The smallest absolute Gasteiger partial charge is 0.208 e. The Morgan fingerprint density at radius 1 is 1.39 bits per heavy atom. The molecule has 0 unspecified atom stereocenters. The predicted molar refractivity (Wildman–Crippen MR) is 69.6 cm³/mol. The molecule has 0 radical (unpaired) electrons. The number of oxazole rings is 1. The summed E-state index contributed by atoms with van der Waals surface area (Å²) in [6.45, 7) is 5.31. The largest absolute Gasteiger partial charge is 0.445 e. The lowest BCUT2D eigenvalue weighted by atomic mass is 10.3. The average molecular weight is 262 g/mol. The molecule has 1 N–H and O–H groups in total. The molecule has 0 bridgehead atoms. The van der Waals surface area contributed by atoms with Crippen LogP contribution in [0.5, 0.6) is 0 Å². The number of rotatable bonds is 4. The maximum atomic E-state index is 5.41. The molecule has 3 heterocycles. The third kappa shape index (κ3) is 2.04. The van der Waals surface area contributed by atoms with Crippen LogP contribution < -0.4 is 5.32 Å². The highest BCUT2D eigenvalue weighted by Gasteiger charge is 2.09. The molecule has 6 heteroatoms. The highest BCUT2D eigenvalue weighted by atomic mass is 32.1. The van der Waals surface area contributed by atoms with Gasteiger partial charge in [0.1, 0.15) is 5.76 Å². The van der Waals surface area contributed by atoms with E-state index in [9.17, 15) is 0 Å². The molecule has 94 valence electrons. The standard InChI is InChI=1S/C12H14N4OS/c1-8-5-14-11(17-8)7-13-6-10-9(2)15-12-16(10)3-4-18-12/h3-5,13H,6-7H2,1-2H3. The molecular formula is C12H14N4OS. The molecule has 5 nitrogen and oxygen atoms in total. The summed E-state index contributed by atoms with van der Waals surface area (Å²) < 4.78 is 7.53. The number of aryl methyl sites for hydroxylation is 2. The van der Waals surface area contributed by atoms with Crippen LogP contribution in [0.25, 0.3) is 4.96 Å². The monoisotopic (exact) mass is 262 g/mol. The van der Waals surface area contributed by atoms with E-state index in [0.717, 1.165) is 28.9 Å². The van der Waals surface area contributed by atoms with Crippen molar-refractivity contribution in [3.63, 3.8) is 0 Å². The third-order valence-corrected chi connectivity index (χ3v) is 3.56. The quantitative estimate of drug-likeness (QED) is 0.783. The van der Waals surface area contributed by atoms with Gasteiger partial charge in [-0.2, -0.15) is 0 Å². The molecule has 0 aromatic carbocycles. The molecule has 0 aliphatic rings. The first-order valence-corrected chi connectivity index (χ1v) is 6.65. The Hall–Kier alpha value is -1.66. The van der Waals surface area contributed by atoms with Crippen molar-refractivity contribution in [3.8, 4) is 0 Å². The number of thiazole rings is 1. The molecule has 18 heavy (non-hydrogen) atoms. The van der Waals surface area contributed by atoms with Crippen LogP contribution in [0.3, 0.4) is 0 Å². The van der Waals surface area contributed by atoms with Crippen molar-refractivity contribution >= 4 is 16.3 Å². The van der Waals surface area contributed by atoms with E-state index < -0.39 is 0 Å². The van der Waals surface area contributed by atoms with Crippen molar-refractivity contribution in [2.24, 2.45) is 0 Å². The van der Waals surface area contributed by atoms with Crippen LogP contribution in [0.1, 0.15) is 23.0 Å². The predicted octanol–water partition coefficient (Wildman–Crippen LogP) is 2.29. The van der Waals surface area contributed by atoms with Crippen LogP contribution in [0.15, 0.2) is 22.2 Å². The lowest BCUT2D eigenvalue weighted by Gasteiger charge is -2.02. The Labute approximate surface area is 108 Å². The fraction of sp³-hybridized carbons (Fsp3) is 0.333. The Morgan fingerprint density at radius 2 is 2.28 bits per heavy atom. The number of hydrogen-bond acceptors (Lipinski definition) is 5. The fourth-order valence-corrected chi connectivity index (χ4v) is 2.70. The summed E-state index contributed by atoms with van der Waals surface area (Å²) in [7, 11) is 0. The summed E-state index contributed by atoms with van der Waals surface area (Å²) in [6, 6.07) is 0. The Kier molecular flexibility index (Phi) is 2.89. The fourth-order valence-electron chi connectivity index (χ4n) is 1.92. The second-order valence-electron chi connectivity index (χ2n) is 4.17. The number of fused-ring (bicyclic) bond motifs is 1. The van der Waals surface area contributed by atoms with Gasteiger partial charge in [-0.15, -0.1) is 11.3 Å². The van der Waals surface area contributed by atoms with Gasteiger partial charge in [0.15, 0.2) is 4.96 Å². The number of aromatic nitrogens is 3. The van der Waals surface area contributed by atoms with Gasteiger partial charge in [-0.1, -0.05) is 0 Å². The van der Waals surface area contributed by atoms with Crippen LogP contribution in [-0.2, 0) is 13.1 Å². The van der Waals surface area contributed by atoms with E-state index in [0.29, 0.717) is 6.54 Å². The number of nitrogens with zero attached hydrogens (tertiary/aromatic N) is 3. The first-order chi connectivity index (χ1) is 8.74. The minimum Gasteiger partial charge on any atom is -0.445 e. The summed E-state index contributed by atoms with van der Waals surface area (Å²) in [5.41, 5.74) is 2.26. The summed E-state index contributed by atoms with van der Waals surface area (Å²) in [5.74, 6) is 1.56. The molecule has 0 amide bonds. The highest BCUT2D eigenvalue weighted by molar-refractivity contribution is 7.15. The lowest BCUT2D eigenvalue weighted by molar-refractivity contribution is 0.448. The van der Waals surface area contributed by atoms with Crippen LogP contribution in [0.4, 0.5) is 0 Å². The zero-order valence-electron chi connectivity index (χ0n) is 10.3. The zero-order chi connectivity index (χ0) is 12.5. The normalized spacial score (nSPS) is 11.4. The molecule has 3 aromatic heterocycles. The van der Waals surface area contributed by atoms with Crippen LogP contribution in [0, 0.1) is 13.8 Å². The van der Waals surface area contributed by atoms with Gasteiger partial charge in [-0.25, -0.2) is 9.97 Å². The third-order valence-electron chi connectivity index (χ3n) is 2.80. The van der Waals surface area contributed by atoms with Crippen molar-refractivity contribution in [1.29, 1.82) is 0 Å². The van der Waals surface area contributed by atoms with Crippen LogP contribution in [0.2, 0.25) is 0 Å². The topological polar surface area (TPSA) is 55.4 Å². The van der Waals surface area contributed by atoms with E-state index in [1.165, 1.54) is 5.69 Å². The molecule has 0 aliphatic carbocycles.